The maximum absolute atomic E-state index is 12.5. The van der Waals surface area contributed by atoms with Crippen LogP contribution >= 0.6 is 11.3 Å². The lowest BCUT2D eigenvalue weighted by Crippen LogP contribution is -2.49. The predicted molar refractivity (Wildman–Crippen MR) is 106 cm³/mol. The Balaban J connectivity index is 1.74. The van der Waals surface area contributed by atoms with Crippen molar-refractivity contribution in [3.05, 3.63) is 46.3 Å². The smallest absolute Gasteiger partial charge is 0.370 e. The lowest BCUT2D eigenvalue weighted by atomic mass is 10.0. The molecule has 1 atom stereocenters. The summed E-state index contributed by atoms with van der Waals surface area (Å²) in [7, 11) is 0. The fraction of sp³-hybridized carbons (Fsp3) is 0.421. The first-order valence-electron chi connectivity index (χ1n) is 9.07. The van der Waals surface area contributed by atoms with Crippen LogP contribution in [0, 0.1) is 5.92 Å². The van der Waals surface area contributed by atoms with Gasteiger partial charge in [0.05, 0.1) is 10.4 Å². The van der Waals surface area contributed by atoms with Crippen molar-refractivity contribution in [3.8, 4) is 0 Å². The highest BCUT2D eigenvalue weighted by Crippen LogP contribution is 2.28. The number of hydrogen-bond donors (Lipinski definition) is 3. The first-order valence-corrected chi connectivity index (χ1v) is 9.95. The highest BCUT2D eigenvalue weighted by atomic mass is 32.1. The van der Waals surface area contributed by atoms with E-state index in [9.17, 15) is 22.8 Å². The minimum atomic E-state index is -4.41. The Morgan fingerprint density at radius 1 is 1.17 bits per heavy atom. The van der Waals surface area contributed by atoms with Crippen molar-refractivity contribution in [2.45, 2.75) is 32.5 Å². The molecular formula is C19H23F3N4O2S. The Morgan fingerprint density at radius 2 is 1.93 bits per heavy atom. The minimum absolute atomic E-state index is 0.0895. The summed E-state index contributed by atoms with van der Waals surface area (Å²) in [6.07, 6.45) is -3.10. The van der Waals surface area contributed by atoms with Crippen molar-refractivity contribution < 1.29 is 22.8 Å². The van der Waals surface area contributed by atoms with Gasteiger partial charge in [-0.1, -0.05) is 19.9 Å². The van der Waals surface area contributed by atoms with E-state index in [2.05, 4.69) is 20.9 Å². The molecule has 0 saturated carbocycles. The Bertz CT molecular complexity index is 793. The average molecular weight is 428 g/mol. The van der Waals surface area contributed by atoms with Crippen LogP contribution < -0.4 is 16.0 Å². The van der Waals surface area contributed by atoms with Crippen LogP contribution in [0.3, 0.4) is 0 Å². The van der Waals surface area contributed by atoms with Gasteiger partial charge >= 0.3 is 6.18 Å². The van der Waals surface area contributed by atoms with Gasteiger partial charge in [0.15, 0.2) is 0 Å². The van der Waals surface area contributed by atoms with Gasteiger partial charge in [-0.05, 0) is 35.9 Å². The van der Waals surface area contributed by atoms with Crippen molar-refractivity contribution in [1.82, 2.24) is 15.6 Å². The summed E-state index contributed by atoms with van der Waals surface area (Å²) in [5.74, 6) is -0.331. The fourth-order valence-corrected chi connectivity index (χ4v) is 3.07. The molecule has 0 radical (unpaired) electrons. The van der Waals surface area contributed by atoms with Crippen molar-refractivity contribution in [2.24, 2.45) is 5.92 Å². The molecule has 0 fully saturated rings. The molecule has 2 rings (SSSR count). The first-order chi connectivity index (χ1) is 13.7. The largest absolute Gasteiger partial charge is 0.417 e. The second kappa shape index (κ2) is 10.2. The standard InChI is InChI=1S/C19H23F3N4O2S/c1-12(2)16(26-17(27)14-5-3-10-29-14)18(28)24-9-4-8-23-15-7-6-13(11-25-15)19(20,21)22/h3,5-7,10-12,16H,4,8-9H2,1-2H3,(H,23,25)(H,24,28)(H,26,27). The molecular weight excluding hydrogens is 405 g/mol. The third kappa shape index (κ3) is 7.04. The van der Waals surface area contributed by atoms with Gasteiger partial charge in [-0.15, -0.1) is 11.3 Å². The van der Waals surface area contributed by atoms with E-state index >= 15 is 0 Å². The van der Waals surface area contributed by atoms with Gasteiger partial charge < -0.3 is 16.0 Å². The molecule has 29 heavy (non-hydrogen) atoms. The van der Waals surface area contributed by atoms with E-state index in [1.807, 2.05) is 13.8 Å². The number of aromatic nitrogens is 1. The van der Waals surface area contributed by atoms with E-state index in [1.165, 1.54) is 17.4 Å². The Hall–Kier alpha value is -2.62. The molecule has 158 valence electrons. The zero-order chi connectivity index (χ0) is 21.4. The Labute approximate surface area is 170 Å². The first kappa shape index (κ1) is 22.7. The fourth-order valence-electron chi connectivity index (χ4n) is 2.45. The number of nitrogens with one attached hydrogen (secondary N) is 3. The number of anilines is 1. The topological polar surface area (TPSA) is 83.1 Å². The molecule has 0 aliphatic carbocycles. The van der Waals surface area contributed by atoms with Gasteiger partial charge in [0, 0.05) is 19.3 Å². The second-order valence-electron chi connectivity index (χ2n) is 6.67. The van der Waals surface area contributed by atoms with E-state index in [1.54, 1.807) is 17.5 Å². The molecule has 2 amide bonds. The number of thiophene rings is 1. The van der Waals surface area contributed by atoms with Crippen LogP contribution in [0.1, 0.15) is 35.5 Å². The average Bonchev–Trinajstić information content (AvgIpc) is 3.19. The van der Waals surface area contributed by atoms with Crippen molar-refractivity contribution in [3.63, 3.8) is 0 Å². The quantitative estimate of drug-likeness (QED) is 0.534. The maximum atomic E-state index is 12.5. The summed E-state index contributed by atoms with van der Waals surface area (Å²) in [4.78, 5) is 28.8. The number of amides is 2. The monoisotopic (exact) mass is 428 g/mol. The van der Waals surface area contributed by atoms with E-state index < -0.39 is 17.8 Å². The molecule has 0 aromatic carbocycles. The lowest BCUT2D eigenvalue weighted by molar-refractivity contribution is -0.137. The third-order valence-corrected chi connectivity index (χ3v) is 4.90. The summed E-state index contributed by atoms with van der Waals surface area (Å²) in [6.45, 7) is 4.46. The van der Waals surface area contributed by atoms with Crippen LogP contribution in [-0.2, 0) is 11.0 Å². The number of alkyl halides is 3. The normalized spacial score (nSPS) is 12.5. The van der Waals surface area contributed by atoms with E-state index in [-0.39, 0.29) is 17.7 Å². The molecule has 3 N–H and O–H groups in total. The number of pyridine rings is 1. The van der Waals surface area contributed by atoms with Crippen molar-refractivity contribution >= 4 is 29.0 Å². The van der Waals surface area contributed by atoms with E-state index in [0.29, 0.717) is 30.2 Å². The number of nitrogens with zero attached hydrogens (tertiary/aromatic N) is 1. The van der Waals surface area contributed by atoms with Gasteiger partial charge in [0.2, 0.25) is 5.91 Å². The van der Waals surface area contributed by atoms with Gasteiger partial charge in [-0.3, -0.25) is 9.59 Å². The van der Waals surface area contributed by atoms with Crippen LogP contribution in [0.4, 0.5) is 19.0 Å². The van der Waals surface area contributed by atoms with Gasteiger partial charge in [0.1, 0.15) is 11.9 Å². The molecule has 2 aromatic heterocycles. The molecule has 2 heterocycles. The molecule has 1 unspecified atom stereocenters. The Morgan fingerprint density at radius 3 is 2.48 bits per heavy atom. The Kier molecular flexibility index (Phi) is 8.00. The van der Waals surface area contributed by atoms with Gasteiger partial charge in [-0.25, -0.2) is 4.98 Å². The van der Waals surface area contributed by atoms with Crippen LogP contribution in [0.5, 0.6) is 0 Å². The number of carbonyl (C=O) groups is 2. The lowest BCUT2D eigenvalue weighted by Gasteiger charge is -2.21. The van der Waals surface area contributed by atoms with Crippen LogP contribution in [0.15, 0.2) is 35.8 Å². The van der Waals surface area contributed by atoms with Crippen LogP contribution in [0.2, 0.25) is 0 Å². The number of rotatable bonds is 9. The zero-order valence-electron chi connectivity index (χ0n) is 16.0. The highest BCUT2D eigenvalue weighted by Gasteiger charge is 2.30. The van der Waals surface area contributed by atoms with E-state index in [0.717, 1.165) is 12.3 Å². The summed E-state index contributed by atoms with van der Waals surface area (Å²) >= 11 is 1.30. The summed E-state index contributed by atoms with van der Waals surface area (Å²) in [5, 5.41) is 10.2. The van der Waals surface area contributed by atoms with E-state index in [4.69, 9.17) is 0 Å². The van der Waals surface area contributed by atoms with Crippen molar-refractivity contribution in [1.29, 1.82) is 0 Å². The van der Waals surface area contributed by atoms with Gasteiger partial charge in [-0.2, -0.15) is 13.2 Å². The minimum Gasteiger partial charge on any atom is -0.370 e. The second-order valence-corrected chi connectivity index (χ2v) is 7.62. The molecule has 0 saturated heterocycles. The molecule has 10 heteroatoms. The predicted octanol–water partition coefficient (Wildman–Crippen LogP) is 3.53. The third-order valence-electron chi connectivity index (χ3n) is 4.03. The van der Waals surface area contributed by atoms with Crippen LogP contribution in [-0.4, -0.2) is 35.9 Å². The zero-order valence-corrected chi connectivity index (χ0v) is 16.9. The molecule has 0 bridgehead atoms. The summed E-state index contributed by atoms with van der Waals surface area (Å²) in [6, 6.07) is 5.02. The summed E-state index contributed by atoms with van der Waals surface area (Å²) < 4.78 is 37.5. The molecule has 0 spiro atoms. The SMILES string of the molecule is CC(C)C(NC(=O)c1cccs1)C(=O)NCCCNc1ccc(C(F)(F)F)cn1. The number of halogens is 3. The molecule has 0 aliphatic heterocycles. The summed E-state index contributed by atoms with van der Waals surface area (Å²) in [5.41, 5.74) is -0.806. The number of carbonyl (C=O) groups excluding carboxylic acids is 2. The number of hydrogen-bond acceptors (Lipinski definition) is 5. The highest BCUT2D eigenvalue weighted by molar-refractivity contribution is 7.12. The van der Waals surface area contributed by atoms with Crippen LogP contribution in [0.25, 0.3) is 0 Å². The van der Waals surface area contributed by atoms with Crippen molar-refractivity contribution in [2.75, 3.05) is 18.4 Å². The molecule has 6 nitrogen and oxygen atoms in total. The molecule has 0 aliphatic rings. The molecule has 2 aromatic rings. The van der Waals surface area contributed by atoms with Gasteiger partial charge in [0.25, 0.3) is 5.91 Å². The maximum Gasteiger partial charge on any atom is 0.417 e.